The molecule has 144 valence electrons. The summed E-state index contributed by atoms with van der Waals surface area (Å²) in [6.45, 7) is 6.47. The average molecular weight is 381 g/mol. The highest BCUT2D eigenvalue weighted by Gasteiger charge is 2.27. The SMILES string of the molecule is CNS(=O)(=O)c1ccc(C)c(C(=O)N2CCCC(NC(=O)C(C)C)C2)c1. The van der Waals surface area contributed by atoms with Gasteiger partial charge in [-0.2, -0.15) is 0 Å². The minimum atomic E-state index is -3.62. The number of aryl methyl sites for hydroxylation is 1. The van der Waals surface area contributed by atoms with E-state index in [1.807, 2.05) is 13.8 Å². The number of sulfonamides is 1. The summed E-state index contributed by atoms with van der Waals surface area (Å²) in [5.41, 5.74) is 1.09. The molecule has 2 N–H and O–H groups in total. The van der Waals surface area contributed by atoms with Gasteiger partial charge in [0.05, 0.1) is 4.90 Å². The standard InChI is InChI=1S/C18H27N3O4S/c1-12(2)17(22)20-14-6-5-9-21(11-14)18(23)16-10-15(8-7-13(16)3)26(24,25)19-4/h7-8,10,12,14,19H,5-6,9,11H2,1-4H3,(H,20,22). The smallest absolute Gasteiger partial charge is 0.254 e. The molecule has 2 rings (SSSR count). The van der Waals surface area contributed by atoms with Gasteiger partial charge >= 0.3 is 0 Å². The number of benzene rings is 1. The molecule has 1 unspecified atom stereocenters. The minimum Gasteiger partial charge on any atom is -0.351 e. The first kappa shape index (κ1) is 20.4. The van der Waals surface area contributed by atoms with Crippen molar-refractivity contribution >= 4 is 21.8 Å². The maximum absolute atomic E-state index is 13.0. The molecule has 1 aliphatic heterocycles. The van der Waals surface area contributed by atoms with Gasteiger partial charge in [0, 0.05) is 30.6 Å². The molecule has 1 saturated heterocycles. The van der Waals surface area contributed by atoms with Crippen molar-refractivity contribution in [3.63, 3.8) is 0 Å². The van der Waals surface area contributed by atoms with E-state index in [0.29, 0.717) is 18.7 Å². The largest absolute Gasteiger partial charge is 0.351 e. The fraction of sp³-hybridized carbons (Fsp3) is 0.556. The molecule has 7 nitrogen and oxygen atoms in total. The quantitative estimate of drug-likeness (QED) is 0.803. The minimum absolute atomic E-state index is 0.0254. The summed E-state index contributed by atoms with van der Waals surface area (Å²) >= 11 is 0. The Morgan fingerprint density at radius 3 is 2.58 bits per heavy atom. The summed E-state index contributed by atoms with van der Waals surface area (Å²) in [5, 5.41) is 2.98. The summed E-state index contributed by atoms with van der Waals surface area (Å²) in [7, 11) is -2.28. The molecule has 2 amide bonds. The van der Waals surface area contributed by atoms with Crippen LogP contribution in [0.25, 0.3) is 0 Å². The van der Waals surface area contributed by atoms with Crippen molar-refractivity contribution in [1.82, 2.24) is 14.9 Å². The summed E-state index contributed by atoms with van der Waals surface area (Å²) in [6, 6.07) is 4.46. The molecule has 0 aliphatic carbocycles. The van der Waals surface area contributed by atoms with Crippen LogP contribution < -0.4 is 10.0 Å². The zero-order chi connectivity index (χ0) is 19.5. The highest BCUT2D eigenvalue weighted by Crippen LogP contribution is 2.20. The van der Waals surface area contributed by atoms with Crippen molar-refractivity contribution in [2.24, 2.45) is 5.92 Å². The Bertz CT molecular complexity index is 790. The van der Waals surface area contributed by atoms with Crippen LogP contribution in [0.1, 0.15) is 42.6 Å². The van der Waals surface area contributed by atoms with Crippen LogP contribution in [-0.4, -0.2) is 51.3 Å². The van der Waals surface area contributed by atoms with Crippen LogP contribution in [-0.2, 0) is 14.8 Å². The Morgan fingerprint density at radius 2 is 1.96 bits per heavy atom. The molecule has 0 spiro atoms. The van der Waals surface area contributed by atoms with Crippen molar-refractivity contribution in [3.8, 4) is 0 Å². The number of nitrogens with zero attached hydrogens (tertiary/aromatic N) is 1. The lowest BCUT2D eigenvalue weighted by Gasteiger charge is -2.34. The number of rotatable bonds is 5. The molecule has 1 atom stereocenters. The van der Waals surface area contributed by atoms with Crippen LogP contribution in [0.15, 0.2) is 23.1 Å². The number of piperidine rings is 1. The lowest BCUT2D eigenvalue weighted by Crippen LogP contribution is -2.50. The summed E-state index contributed by atoms with van der Waals surface area (Å²) < 4.78 is 26.3. The average Bonchev–Trinajstić information content (AvgIpc) is 2.61. The zero-order valence-corrected chi connectivity index (χ0v) is 16.5. The number of hydrogen-bond donors (Lipinski definition) is 2. The first-order chi connectivity index (χ1) is 12.2. The van der Waals surface area contributed by atoms with Gasteiger partial charge in [0.2, 0.25) is 15.9 Å². The van der Waals surface area contributed by atoms with Gasteiger partial charge < -0.3 is 10.2 Å². The summed E-state index contributed by atoms with van der Waals surface area (Å²) in [6.07, 6.45) is 1.62. The van der Waals surface area contributed by atoms with E-state index < -0.39 is 10.0 Å². The number of nitrogens with one attached hydrogen (secondary N) is 2. The normalized spacial score (nSPS) is 18.0. The van der Waals surface area contributed by atoms with Gasteiger partial charge in [0.15, 0.2) is 0 Å². The molecule has 1 aromatic carbocycles. The maximum atomic E-state index is 13.0. The Kier molecular flexibility index (Phi) is 6.41. The van der Waals surface area contributed by atoms with Gasteiger partial charge in [-0.1, -0.05) is 19.9 Å². The van der Waals surface area contributed by atoms with E-state index in [1.165, 1.54) is 19.2 Å². The molecule has 1 aliphatic rings. The number of carbonyl (C=O) groups excluding carboxylic acids is 2. The number of hydrogen-bond acceptors (Lipinski definition) is 4. The third kappa shape index (κ3) is 4.62. The van der Waals surface area contributed by atoms with E-state index in [1.54, 1.807) is 17.9 Å². The van der Waals surface area contributed by atoms with E-state index in [-0.39, 0.29) is 28.7 Å². The third-order valence-electron chi connectivity index (χ3n) is 4.60. The molecule has 26 heavy (non-hydrogen) atoms. The lowest BCUT2D eigenvalue weighted by molar-refractivity contribution is -0.125. The first-order valence-corrected chi connectivity index (χ1v) is 10.3. The topological polar surface area (TPSA) is 95.6 Å². The zero-order valence-electron chi connectivity index (χ0n) is 15.7. The molecule has 0 aromatic heterocycles. The molecule has 1 heterocycles. The molecule has 0 radical (unpaired) electrons. The number of carbonyl (C=O) groups is 2. The second-order valence-electron chi connectivity index (χ2n) is 6.94. The highest BCUT2D eigenvalue weighted by atomic mass is 32.2. The van der Waals surface area contributed by atoms with Crippen LogP contribution in [0.3, 0.4) is 0 Å². The van der Waals surface area contributed by atoms with Crippen LogP contribution in [0.4, 0.5) is 0 Å². The van der Waals surface area contributed by atoms with Crippen molar-refractivity contribution in [2.45, 2.75) is 44.6 Å². The van der Waals surface area contributed by atoms with Crippen molar-refractivity contribution < 1.29 is 18.0 Å². The van der Waals surface area contributed by atoms with Crippen molar-refractivity contribution in [1.29, 1.82) is 0 Å². The molecule has 1 aromatic rings. The third-order valence-corrected chi connectivity index (χ3v) is 6.01. The van der Waals surface area contributed by atoms with Gasteiger partial charge in [0.25, 0.3) is 5.91 Å². The molecule has 8 heteroatoms. The van der Waals surface area contributed by atoms with Gasteiger partial charge in [-0.25, -0.2) is 13.1 Å². The maximum Gasteiger partial charge on any atom is 0.254 e. The highest BCUT2D eigenvalue weighted by molar-refractivity contribution is 7.89. The lowest BCUT2D eigenvalue weighted by atomic mass is 10.0. The molecule has 1 fully saturated rings. The summed E-state index contributed by atoms with van der Waals surface area (Å²) in [4.78, 5) is 26.6. The van der Waals surface area contributed by atoms with E-state index in [4.69, 9.17) is 0 Å². The fourth-order valence-corrected chi connectivity index (χ4v) is 3.69. The number of amides is 2. The molecular weight excluding hydrogens is 354 g/mol. The predicted octanol–water partition coefficient (Wildman–Crippen LogP) is 1.28. The van der Waals surface area contributed by atoms with Crippen LogP contribution in [0.5, 0.6) is 0 Å². The Labute approximate surface area is 155 Å². The van der Waals surface area contributed by atoms with Gasteiger partial charge in [0.1, 0.15) is 0 Å². The predicted molar refractivity (Wildman–Crippen MR) is 99.3 cm³/mol. The second-order valence-corrected chi connectivity index (χ2v) is 8.82. The first-order valence-electron chi connectivity index (χ1n) is 8.79. The molecule has 0 bridgehead atoms. The fourth-order valence-electron chi connectivity index (χ4n) is 2.93. The molecule has 0 saturated carbocycles. The Hall–Kier alpha value is -1.93. The van der Waals surface area contributed by atoms with Gasteiger partial charge in [-0.3, -0.25) is 9.59 Å². The monoisotopic (exact) mass is 381 g/mol. The van der Waals surface area contributed by atoms with Crippen molar-refractivity contribution in [2.75, 3.05) is 20.1 Å². The van der Waals surface area contributed by atoms with Gasteiger partial charge in [-0.05, 0) is 44.5 Å². The van der Waals surface area contributed by atoms with Gasteiger partial charge in [-0.15, -0.1) is 0 Å². The van der Waals surface area contributed by atoms with Crippen LogP contribution >= 0.6 is 0 Å². The Morgan fingerprint density at radius 1 is 1.27 bits per heavy atom. The second kappa shape index (κ2) is 8.18. The van der Waals surface area contributed by atoms with E-state index in [2.05, 4.69) is 10.0 Å². The molecular formula is C18H27N3O4S. The van der Waals surface area contributed by atoms with E-state index >= 15 is 0 Å². The van der Waals surface area contributed by atoms with Crippen LogP contribution in [0, 0.1) is 12.8 Å². The van der Waals surface area contributed by atoms with Crippen molar-refractivity contribution in [3.05, 3.63) is 29.3 Å². The summed E-state index contributed by atoms with van der Waals surface area (Å²) in [5.74, 6) is -0.339. The number of likely N-dealkylation sites (tertiary alicyclic amines) is 1. The van der Waals surface area contributed by atoms with E-state index in [9.17, 15) is 18.0 Å². The Balaban J connectivity index is 2.20. The van der Waals surface area contributed by atoms with E-state index in [0.717, 1.165) is 18.4 Å². The van der Waals surface area contributed by atoms with Crippen LogP contribution in [0.2, 0.25) is 0 Å².